The van der Waals surface area contributed by atoms with E-state index in [0.717, 1.165) is 5.69 Å². The van der Waals surface area contributed by atoms with Gasteiger partial charge in [0.2, 0.25) is 0 Å². The molecule has 1 aromatic heterocycles. The highest BCUT2D eigenvalue weighted by atomic mass is 16.5. The van der Waals surface area contributed by atoms with Crippen molar-refractivity contribution in [2.75, 3.05) is 13.7 Å². The summed E-state index contributed by atoms with van der Waals surface area (Å²) >= 11 is 0. The largest absolute Gasteiger partial charge is 0.370 e. The Morgan fingerprint density at radius 3 is 2.88 bits per heavy atom. The van der Waals surface area contributed by atoms with Gasteiger partial charge in [0.05, 0.1) is 11.7 Å². The molecule has 0 aliphatic carbocycles. The number of nitrogens with one attached hydrogen (secondary N) is 1. The molecule has 1 heterocycles. The summed E-state index contributed by atoms with van der Waals surface area (Å²) in [6.45, 7) is 2.03. The van der Waals surface area contributed by atoms with Crippen LogP contribution < -0.4 is 11.1 Å². The van der Waals surface area contributed by atoms with E-state index in [1.165, 1.54) is 7.11 Å². The maximum Gasteiger partial charge on any atom is 0.250 e. The van der Waals surface area contributed by atoms with Crippen molar-refractivity contribution in [1.82, 2.24) is 10.3 Å². The maximum atomic E-state index is 11.6. The van der Waals surface area contributed by atoms with E-state index < -0.39 is 6.10 Å². The zero-order chi connectivity index (χ0) is 12.0. The second kappa shape index (κ2) is 6.19. The number of ether oxygens (including phenoxy) is 1. The van der Waals surface area contributed by atoms with Gasteiger partial charge in [-0.2, -0.15) is 0 Å². The Balaban J connectivity index is 2.58. The summed E-state index contributed by atoms with van der Waals surface area (Å²) in [5.74, 6) is -0.219. The van der Waals surface area contributed by atoms with Crippen molar-refractivity contribution in [2.24, 2.45) is 5.73 Å². The molecule has 5 nitrogen and oxygen atoms in total. The summed E-state index contributed by atoms with van der Waals surface area (Å²) < 4.78 is 4.94. The molecule has 3 N–H and O–H groups in total. The molecule has 0 aliphatic rings. The second-order valence-corrected chi connectivity index (χ2v) is 3.44. The summed E-state index contributed by atoms with van der Waals surface area (Å²) in [5, 5.41) is 2.79. The predicted molar refractivity (Wildman–Crippen MR) is 60.6 cm³/mol. The minimum absolute atomic E-state index is 0.155. The summed E-state index contributed by atoms with van der Waals surface area (Å²) in [7, 11) is 1.46. The van der Waals surface area contributed by atoms with Crippen LogP contribution in [0.3, 0.4) is 0 Å². The Kier molecular flexibility index (Phi) is 4.88. The van der Waals surface area contributed by atoms with Gasteiger partial charge in [-0.15, -0.1) is 0 Å². The maximum absolute atomic E-state index is 11.6. The van der Waals surface area contributed by atoms with Gasteiger partial charge in [0, 0.05) is 19.9 Å². The van der Waals surface area contributed by atoms with E-state index in [0.29, 0.717) is 0 Å². The van der Waals surface area contributed by atoms with Crippen molar-refractivity contribution in [1.29, 1.82) is 0 Å². The fourth-order valence-electron chi connectivity index (χ4n) is 1.32. The van der Waals surface area contributed by atoms with Crippen molar-refractivity contribution in [2.45, 2.75) is 19.1 Å². The van der Waals surface area contributed by atoms with Gasteiger partial charge in [0.25, 0.3) is 5.91 Å². The van der Waals surface area contributed by atoms with Crippen LogP contribution in [0, 0.1) is 0 Å². The number of hydrogen-bond acceptors (Lipinski definition) is 4. The first-order chi connectivity index (χ1) is 7.69. The number of rotatable bonds is 5. The zero-order valence-corrected chi connectivity index (χ0v) is 9.51. The molecule has 16 heavy (non-hydrogen) atoms. The van der Waals surface area contributed by atoms with Gasteiger partial charge in [-0.3, -0.25) is 9.78 Å². The van der Waals surface area contributed by atoms with Crippen LogP contribution in [0.25, 0.3) is 0 Å². The van der Waals surface area contributed by atoms with E-state index in [1.807, 2.05) is 25.1 Å². The molecule has 0 radical (unpaired) electrons. The van der Waals surface area contributed by atoms with Gasteiger partial charge < -0.3 is 15.8 Å². The predicted octanol–water partition coefficient (Wildman–Crippen LogP) is 0.232. The van der Waals surface area contributed by atoms with Crippen molar-refractivity contribution in [3.63, 3.8) is 0 Å². The zero-order valence-electron chi connectivity index (χ0n) is 9.51. The molecule has 2 unspecified atom stereocenters. The Morgan fingerprint density at radius 2 is 2.38 bits per heavy atom. The number of pyridine rings is 1. The van der Waals surface area contributed by atoms with Crippen LogP contribution in [0.2, 0.25) is 0 Å². The Morgan fingerprint density at radius 1 is 1.62 bits per heavy atom. The highest BCUT2D eigenvalue weighted by Crippen LogP contribution is 2.08. The molecule has 88 valence electrons. The average molecular weight is 223 g/mol. The monoisotopic (exact) mass is 223 g/mol. The smallest absolute Gasteiger partial charge is 0.250 e. The van der Waals surface area contributed by atoms with Gasteiger partial charge in [-0.05, 0) is 19.1 Å². The lowest BCUT2D eigenvalue weighted by molar-refractivity contribution is -0.131. The van der Waals surface area contributed by atoms with Gasteiger partial charge in [0.15, 0.2) is 0 Å². The molecule has 0 bridgehead atoms. The van der Waals surface area contributed by atoms with Gasteiger partial charge in [0.1, 0.15) is 6.10 Å². The average Bonchev–Trinajstić information content (AvgIpc) is 2.31. The number of methoxy groups -OCH3 is 1. The molecule has 0 saturated heterocycles. The molecular weight excluding hydrogens is 206 g/mol. The first kappa shape index (κ1) is 12.6. The first-order valence-electron chi connectivity index (χ1n) is 5.13. The van der Waals surface area contributed by atoms with Gasteiger partial charge in [-0.1, -0.05) is 6.07 Å². The van der Waals surface area contributed by atoms with Crippen LogP contribution in [-0.2, 0) is 9.53 Å². The molecule has 0 saturated carbocycles. The highest BCUT2D eigenvalue weighted by Gasteiger charge is 2.18. The van der Waals surface area contributed by atoms with Crippen LogP contribution >= 0.6 is 0 Å². The highest BCUT2D eigenvalue weighted by molar-refractivity contribution is 5.81. The third-order valence-electron chi connectivity index (χ3n) is 2.28. The molecule has 1 aromatic rings. The quantitative estimate of drug-likeness (QED) is 0.749. The summed E-state index contributed by atoms with van der Waals surface area (Å²) in [4.78, 5) is 15.8. The van der Waals surface area contributed by atoms with Gasteiger partial charge in [-0.25, -0.2) is 0 Å². The van der Waals surface area contributed by atoms with Crippen LogP contribution in [0.1, 0.15) is 18.7 Å². The van der Waals surface area contributed by atoms with E-state index in [4.69, 9.17) is 10.5 Å². The molecule has 5 heteroatoms. The third-order valence-corrected chi connectivity index (χ3v) is 2.28. The lowest BCUT2D eigenvalue weighted by Crippen LogP contribution is -2.41. The summed E-state index contributed by atoms with van der Waals surface area (Å²) in [5.41, 5.74) is 6.21. The fourth-order valence-corrected chi connectivity index (χ4v) is 1.32. The number of amides is 1. The van der Waals surface area contributed by atoms with Crippen molar-refractivity contribution in [3.05, 3.63) is 30.1 Å². The fraction of sp³-hybridized carbons (Fsp3) is 0.455. The van der Waals surface area contributed by atoms with Gasteiger partial charge >= 0.3 is 0 Å². The van der Waals surface area contributed by atoms with Crippen LogP contribution in [-0.4, -0.2) is 30.6 Å². The number of nitrogens with zero attached hydrogens (tertiary/aromatic N) is 1. The first-order valence-corrected chi connectivity index (χ1v) is 5.13. The minimum Gasteiger partial charge on any atom is -0.370 e. The van der Waals surface area contributed by atoms with Crippen molar-refractivity contribution >= 4 is 5.91 Å². The normalized spacial score (nSPS) is 14.2. The molecule has 1 amide bonds. The standard InChI is InChI=1S/C11H17N3O2/c1-8(9-5-3-4-6-13-9)14-11(15)10(7-12)16-2/h3-6,8,10H,7,12H2,1-2H3,(H,14,15). The van der Waals surface area contributed by atoms with E-state index in [-0.39, 0.29) is 18.5 Å². The number of hydrogen-bond donors (Lipinski definition) is 2. The number of carbonyl (C=O) groups excluding carboxylic acids is 1. The SMILES string of the molecule is COC(CN)C(=O)NC(C)c1ccccn1. The molecule has 0 spiro atoms. The van der Waals surface area contributed by atoms with Crippen LogP contribution in [0.15, 0.2) is 24.4 Å². The van der Waals surface area contributed by atoms with E-state index in [1.54, 1.807) is 6.20 Å². The number of carbonyl (C=O) groups is 1. The Labute approximate surface area is 95.0 Å². The molecule has 0 aliphatic heterocycles. The lowest BCUT2D eigenvalue weighted by atomic mass is 10.2. The Hall–Kier alpha value is -1.46. The molecule has 2 atom stereocenters. The van der Waals surface area contributed by atoms with Crippen LogP contribution in [0.5, 0.6) is 0 Å². The topological polar surface area (TPSA) is 77.2 Å². The van der Waals surface area contributed by atoms with Crippen molar-refractivity contribution < 1.29 is 9.53 Å². The summed E-state index contributed by atoms with van der Waals surface area (Å²) in [6, 6.07) is 5.41. The van der Waals surface area contributed by atoms with Crippen LogP contribution in [0.4, 0.5) is 0 Å². The summed E-state index contributed by atoms with van der Waals surface area (Å²) in [6.07, 6.45) is 1.08. The molecule has 1 rings (SSSR count). The number of aromatic nitrogens is 1. The Bertz CT molecular complexity index is 325. The second-order valence-electron chi connectivity index (χ2n) is 3.44. The number of nitrogens with two attached hydrogens (primary N) is 1. The third kappa shape index (κ3) is 3.29. The van der Waals surface area contributed by atoms with E-state index in [9.17, 15) is 4.79 Å². The molecule has 0 aromatic carbocycles. The van der Waals surface area contributed by atoms with Crippen molar-refractivity contribution in [3.8, 4) is 0 Å². The van der Waals surface area contributed by atoms with E-state index in [2.05, 4.69) is 10.3 Å². The molecular formula is C11H17N3O2. The minimum atomic E-state index is -0.605. The lowest BCUT2D eigenvalue weighted by Gasteiger charge is -2.17. The molecule has 0 fully saturated rings. The van der Waals surface area contributed by atoms with E-state index >= 15 is 0 Å².